The molecule has 1 aromatic carbocycles. The van der Waals surface area contributed by atoms with Gasteiger partial charge >= 0.3 is 6.03 Å². The molecular formula is C21H21F2N5OS. The van der Waals surface area contributed by atoms with Crippen molar-refractivity contribution < 1.29 is 13.6 Å². The van der Waals surface area contributed by atoms with E-state index in [1.165, 1.54) is 18.3 Å². The van der Waals surface area contributed by atoms with Gasteiger partial charge in [0.1, 0.15) is 11.6 Å². The summed E-state index contributed by atoms with van der Waals surface area (Å²) in [4.78, 5) is 25.1. The Morgan fingerprint density at radius 1 is 1.17 bits per heavy atom. The number of thiazole rings is 1. The van der Waals surface area contributed by atoms with Gasteiger partial charge in [0.05, 0.1) is 17.6 Å². The Hall–Kier alpha value is -3.07. The molecule has 1 aliphatic rings. The summed E-state index contributed by atoms with van der Waals surface area (Å²) in [5.74, 6) is -1.32. The predicted octanol–water partition coefficient (Wildman–Crippen LogP) is 4.62. The number of aromatic nitrogens is 2. The first-order chi connectivity index (χ1) is 14.5. The molecule has 156 valence electrons. The van der Waals surface area contributed by atoms with Gasteiger partial charge < -0.3 is 15.1 Å². The number of nitrogens with zero attached hydrogens (tertiary/aromatic N) is 4. The van der Waals surface area contributed by atoms with Crippen molar-refractivity contribution in [3.63, 3.8) is 0 Å². The molecule has 0 unspecified atom stereocenters. The summed E-state index contributed by atoms with van der Waals surface area (Å²) >= 11 is 1.62. The van der Waals surface area contributed by atoms with Gasteiger partial charge in [0.15, 0.2) is 5.13 Å². The highest BCUT2D eigenvalue weighted by Gasteiger charge is 2.26. The van der Waals surface area contributed by atoms with Gasteiger partial charge in [-0.25, -0.2) is 18.6 Å². The number of rotatable bonds is 4. The first-order valence-electron chi connectivity index (χ1n) is 9.60. The van der Waals surface area contributed by atoms with Crippen molar-refractivity contribution in [2.24, 2.45) is 0 Å². The SMILES string of the molecule is CN(C(=O)Nc1ccc(-c2cc(F)cc(F)c2)nc1)C1CCN(c2nccs2)CC1. The van der Waals surface area contributed by atoms with Crippen LogP contribution in [0.1, 0.15) is 12.8 Å². The van der Waals surface area contributed by atoms with Gasteiger partial charge in [-0.2, -0.15) is 0 Å². The number of nitrogens with one attached hydrogen (secondary N) is 1. The number of amides is 2. The molecule has 2 amide bonds. The Balaban J connectivity index is 1.34. The normalized spacial score (nSPS) is 14.6. The molecule has 1 saturated heterocycles. The van der Waals surface area contributed by atoms with Gasteiger partial charge in [0, 0.05) is 49.4 Å². The van der Waals surface area contributed by atoms with E-state index in [2.05, 4.69) is 20.2 Å². The third-order valence-corrected chi connectivity index (χ3v) is 6.03. The lowest BCUT2D eigenvalue weighted by Gasteiger charge is -2.36. The van der Waals surface area contributed by atoms with E-state index in [1.807, 2.05) is 5.38 Å². The second-order valence-electron chi connectivity index (χ2n) is 7.16. The summed E-state index contributed by atoms with van der Waals surface area (Å²) in [6.07, 6.45) is 5.02. The minimum Gasteiger partial charge on any atom is -0.348 e. The second kappa shape index (κ2) is 8.74. The van der Waals surface area contributed by atoms with E-state index in [0.717, 1.165) is 37.1 Å². The van der Waals surface area contributed by atoms with Crippen LogP contribution < -0.4 is 10.2 Å². The summed E-state index contributed by atoms with van der Waals surface area (Å²) in [6.45, 7) is 1.71. The number of carbonyl (C=O) groups is 1. The molecule has 0 saturated carbocycles. The average Bonchev–Trinajstić information content (AvgIpc) is 3.28. The second-order valence-corrected chi connectivity index (χ2v) is 8.04. The van der Waals surface area contributed by atoms with Crippen LogP contribution in [0.25, 0.3) is 11.3 Å². The van der Waals surface area contributed by atoms with E-state index in [9.17, 15) is 13.6 Å². The maximum absolute atomic E-state index is 13.4. The van der Waals surface area contributed by atoms with Gasteiger partial charge in [0.2, 0.25) is 0 Å². The molecule has 1 aliphatic heterocycles. The summed E-state index contributed by atoms with van der Waals surface area (Å²) in [5.41, 5.74) is 1.29. The Labute approximate surface area is 177 Å². The first-order valence-corrected chi connectivity index (χ1v) is 10.5. The van der Waals surface area contributed by atoms with Crippen molar-refractivity contribution in [3.8, 4) is 11.3 Å². The molecular weight excluding hydrogens is 408 g/mol. The summed E-state index contributed by atoms with van der Waals surface area (Å²) in [5, 5.41) is 5.81. The average molecular weight is 429 g/mol. The zero-order chi connectivity index (χ0) is 21.1. The molecule has 1 fully saturated rings. The Kier molecular flexibility index (Phi) is 5.89. The zero-order valence-electron chi connectivity index (χ0n) is 16.4. The van der Waals surface area contributed by atoms with E-state index >= 15 is 0 Å². The number of carbonyl (C=O) groups excluding carboxylic acids is 1. The fourth-order valence-corrected chi connectivity index (χ4v) is 4.23. The van der Waals surface area contributed by atoms with Crippen LogP contribution in [0.5, 0.6) is 0 Å². The van der Waals surface area contributed by atoms with E-state index < -0.39 is 11.6 Å². The Morgan fingerprint density at radius 2 is 1.90 bits per heavy atom. The fourth-order valence-electron chi connectivity index (χ4n) is 3.53. The molecule has 0 atom stereocenters. The number of anilines is 2. The number of urea groups is 1. The molecule has 9 heteroatoms. The van der Waals surface area contributed by atoms with Crippen LogP contribution >= 0.6 is 11.3 Å². The number of hydrogen-bond acceptors (Lipinski definition) is 5. The number of pyridine rings is 1. The quantitative estimate of drug-likeness (QED) is 0.658. The molecule has 0 aliphatic carbocycles. The van der Waals surface area contributed by atoms with Crippen molar-refractivity contribution in [2.75, 3.05) is 30.4 Å². The largest absolute Gasteiger partial charge is 0.348 e. The fraction of sp³-hybridized carbons (Fsp3) is 0.286. The van der Waals surface area contributed by atoms with Gasteiger partial charge in [-0.3, -0.25) is 4.98 Å². The monoisotopic (exact) mass is 429 g/mol. The highest BCUT2D eigenvalue weighted by Crippen LogP contribution is 2.25. The third-order valence-electron chi connectivity index (χ3n) is 5.20. The smallest absolute Gasteiger partial charge is 0.321 e. The van der Waals surface area contributed by atoms with E-state index in [0.29, 0.717) is 16.9 Å². The van der Waals surface area contributed by atoms with Crippen LogP contribution in [0.15, 0.2) is 48.1 Å². The number of piperidine rings is 1. The van der Waals surface area contributed by atoms with Gasteiger partial charge in [0.25, 0.3) is 0 Å². The lowest BCUT2D eigenvalue weighted by atomic mass is 10.0. The van der Waals surface area contributed by atoms with Crippen LogP contribution in [-0.4, -0.2) is 47.1 Å². The highest BCUT2D eigenvalue weighted by molar-refractivity contribution is 7.13. The molecule has 4 rings (SSSR count). The van der Waals surface area contributed by atoms with E-state index in [4.69, 9.17) is 0 Å². The van der Waals surface area contributed by atoms with Crippen LogP contribution in [-0.2, 0) is 0 Å². The van der Waals surface area contributed by atoms with Crippen molar-refractivity contribution in [1.82, 2.24) is 14.9 Å². The topological polar surface area (TPSA) is 61.4 Å². The number of halogens is 2. The number of hydrogen-bond donors (Lipinski definition) is 1. The van der Waals surface area contributed by atoms with Crippen molar-refractivity contribution in [1.29, 1.82) is 0 Å². The Morgan fingerprint density at radius 3 is 2.50 bits per heavy atom. The maximum Gasteiger partial charge on any atom is 0.321 e. The van der Waals surface area contributed by atoms with Gasteiger partial charge in [-0.1, -0.05) is 0 Å². The molecule has 3 aromatic rings. The minimum atomic E-state index is -0.660. The van der Waals surface area contributed by atoms with Gasteiger partial charge in [-0.15, -0.1) is 11.3 Å². The molecule has 30 heavy (non-hydrogen) atoms. The highest BCUT2D eigenvalue weighted by atomic mass is 32.1. The van der Waals surface area contributed by atoms with Crippen LogP contribution in [0, 0.1) is 11.6 Å². The molecule has 2 aromatic heterocycles. The van der Waals surface area contributed by atoms with Crippen molar-refractivity contribution >= 4 is 28.2 Å². The van der Waals surface area contributed by atoms with Gasteiger partial charge in [-0.05, 0) is 37.1 Å². The molecule has 3 heterocycles. The standard InChI is InChI=1S/C21H21F2N5OS/c1-27(18-4-7-28(8-5-18)21-24-6-9-30-21)20(29)26-17-2-3-19(25-13-17)14-10-15(22)12-16(23)11-14/h2-3,6,9-13,18H,4-5,7-8H2,1H3,(H,26,29). The molecule has 0 spiro atoms. The lowest BCUT2D eigenvalue weighted by Crippen LogP contribution is -2.47. The summed E-state index contributed by atoms with van der Waals surface area (Å²) < 4.78 is 26.8. The minimum absolute atomic E-state index is 0.142. The summed E-state index contributed by atoms with van der Waals surface area (Å²) in [7, 11) is 1.79. The maximum atomic E-state index is 13.4. The Bertz CT molecular complexity index is 984. The first kappa shape index (κ1) is 20.2. The molecule has 0 bridgehead atoms. The van der Waals surface area contributed by atoms with Crippen molar-refractivity contribution in [2.45, 2.75) is 18.9 Å². The third kappa shape index (κ3) is 4.56. The number of benzene rings is 1. The van der Waals surface area contributed by atoms with Crippen LogP contribution in [0.2, 0.25) is 0 Å². The van der Waals surface area contributed by atoms with Crippen LogP contribution in [0.4, 0.5) is 24.4 Å². The van der Waals surface area contributed by atoms with Crippen molar-refractivity contribution in [3.05, 3.63) is 59.7 Å². The molecule has 1 N–H and O–H groups in total. The van der Waals surface area contributed by atoms with E-state index in [1.54, 1.807) is 41.6 Å². The zero-order valence-corrected chi connectivity index (χ0v) is 17.2. The summed E-state index contributed by atoms with van der Waals surface area (Å²) in [6, 6.07) is 6.47. The van der Waals surface area contributed by atoms with Crippen LogP contribution in [0.3, 0.4) is 0 Å². The van der Waals surface area contributed by atoms with E-state index in [-0.39, 0.29) is 12.1 Å². The predicted molar refractivity (Wildman–Crippen MR) is 114 cm³/mol. The molecule has 0 radical (unpaired) electrons. The molecule has 6 nitrogen and oxygen atoms in total. The lowest BCUT2D eigenvalue weighted by molar-refractivity contribution is 0.193.